The molecule has 0 atom stereocenters. The summed E-state index contributed by atoms with van der Waals surface area (Å²) < 4.78 is 4.56. The number of carbonyl (C=O) groups is 3. The normalized spacial score (nSPS) is 14.7. The molecular weight excluding hydrogens is 390 g/mol. The topological polar surface area (TPSA) is 79.0 Å². The fraction of sp³-hybridized carbons (Fsp3) is 0.500. The van der Waals surface area contributed by atoms with Crippen molar-refractivity contribution in [3.05, 3.63) is 29.3 Å². The first-order valence-corrected chi connectivity index (χ1v) is 10.2. The summed E-state index contributed by atoms with van der Waals surface area (Å²) in [6, 6.07) is 7.11. The molecular formula is C18H24ClN3O4S. The maximum Gasteiger partial charge on any atom is 0.315 e. The van der Waals surface area contributed by atoms with Crippen LogP contribution in [0.5, 0.6) is 0 Å². The van der Waals surface area contributed by atoms with Gasteiger partial charge in [-0.05, 0) is 12.1 Å². The number of hydrogen-bond donors (Lipinski definition) is 1. The fourth-order valence-electron chi connectivity index (χ4n) is 2.64. The highest BCUT2D eigenvalue weighted by Crippen LogP contribution is 2.20. The number of piperazine rings is 1. The summed E-state index contributed by atoms with van der Waals surface area (Å²) in [5.41, 5.74) is 0.599. The van der Waals surface area contributed by atoms with Crippen LogP contribution in [0.4, 0.5) is 5.69 Å². The molecule has 1 aromatic carbocycles. The number of nitrogens with zero attached hydrogens (tertiary/aromatic N) is 2. The SMILES string of the molecule is COC(=O)CSCCC(=O)N1CCN(CC(=O)Nc2ccccc2Cl)CC1. The second-order valence-corrected chi connectivity index (χ2v) is 7.58. The van der Waals surface area contributed by atoms with Crippen molar-refractivity contribution in [3.63, 3.8) is 0 Å². The van der Waals surface area contributed by atoms with Crippen LogP contribution in [0.25, 0.3) is 0 Å². The van der Waals surface area contributed by atoms with E-state index in [1.54, 1.807) is 17.0 Å². The molecule has 1 heterocycles. The number of halogens is 1. The van der Waals surface area contributed by atoms with Gasteiger partial charge in [0.2, 0.25) is 11.8 Å². The van der Waals surface area contributed by atoms with Crippen molar-refractivity contribution in [2.45, 2.75) is 6.42 Å². The van der Waals surface area contributed by atoms with E-state index in [1.807, 2.05) is 17.0 Å². The molecule has 0 saturated carbocycles. The highest BCUT2D eigenvalue weighted by Gasteiger charge is 2.22. The van der Waals surface area contributed by atoms with Gasteiger partial charge in [0.25, 0.3) is 0 Å². The van der Waals surface area contributed by atoms with E-state index in [9.17, 15) is 14.4 Å². The van der Waals surface area contributed by atoms with Gasteiger partial charge in [0.15, 0.2) is 0 Å². The highest BCUT2D eigenvalue weighted by atomic mass is 35.5. The molecule has 0 radical (unpaired) electrons. The van der Waals surface area contributed by atoms with Crippen molar-refractivity contribution in [2.24, 2.45) is 0 Å². The molecule has 1 saturated heterocycles. The Kier molecular flexibility index (Phi) is 8.90. The van der Waals surface area contributed by atoms with Gasteiger partial charge in [0.05, 0.1) is 30.1 Å². The molecule has 2 rings (SSSR count). The maximum absolute atomic E-state index is 12.2. The molecule has 0 aromatic heterocycles. The van der Waals surface area contributed by atoms with Gasteiger partial charge in [0, 0.05) is 38.4 Å². The number of hydrogen-bond acceptors (Lipinski definition) is 6. The molecule has 1 aliphatic heterocycles. The molecule has 0 aliphatic carbocycles. The Bertz CT molecular complexity index is 666. The van der Waals surface area contributed by atoms with Crippen LogP contribution >= 0.6 is 23.4 Å². The number of methoxy groups -OCH3 is 1. The molecule has 1 fully saturated rings. The Morgan fingerprint density at radius 3 is 2.56 bits per heavy atom. The second kappa shape index (κ2) is 11.2. The zero-order valence-electron chi connectivity index (χ0n) is 15.3. The minimum Gasteiger partial charge on any atom is -0.468 e. The van der Waals surface area contributed by atoms with Crippen LogP contribution in [0.2, 0.25) is 5.02 Å². The summed E-state index contributed by atoms with van der Waals surface area (Å²) in [6.45, 7) is 2.76. The maximum atomic E-state index is 12.2. The molecule has 2 amide bonds. The number of ether oxygens (including phenoxy) is 1. The number of esters is 1. The third kappa shape index (κ3) is 7.40. The number of amides is 2. The number of carbonyl (C=O) groups excluding carboxylic acids is 3. The van der Waals surface area contributed by atoms with Crippen LogP contribution in [-0.4, -0.2) is 78.9 Å². The number of thioether (sulfide) groups is 1. The van der Waals surface area contributed by atoms with Gasteiger partial charge in [-0.2, -0.15) is 0 Å². The van der Waals surface area contributed by atoms with Crippen LogP contribution < -0.4 is 5.32 Å². The van der Waals surface area contributed by atoms with Crippen LogP contribution in [0.15, 0.2) is 24.3 Å². The number of anilines is 1. The standard InChI is InChI=1S/C18H24ClN3O4S/c1-26-18(25)13-27-11-6-17(24)22-9-7-21(8-10-22)12-16(23)20-15-5-3-2-4-14(15)19/h2-5H,6-13H2,1H3,(H,20,23). The molecule has 1 aromatic rings. The van der Waals surface area contributed by atoms with Gasteiger partial charge >= 0.3 is 5.97 Å². The molecule has 7 nitrogen and oxygen atoms in total. The molecule has 148 valence electrons. The van der Waals surface area contributed by atoms with E-state index < -0.39 is 0 Å². The van der Waals surface area contributed by atoms with Crippen LogP contribution in [0.1, 0.15) is 6.42 Å². The molecule has 1 aliphatic rings. The van der Waals surface area contributed by atoms with Crippen molar-refractivity contribution in [1.82, 2.24) is 9.80 Å². The first kappa shape index (κ1) is 21.5. The van der Waals surface area contributed by atoms with Crippen LogP contribution in [-0.2, 0) is 19.1 Å². The van der Waals surface area contributed by atoms with Crippen molar-refractivity contribution in [2.75, 3.05) is 56.7 Å². The summed E-state index contributed by atoms with van der Waals surface area (Å²) in [5, 5.41) is 3.31. The first-order valence-electron chi connectivity index (χ1n) is 8.68. The Balaban J connectivity index is 1.66. The number of benzene rings is 1. The smallest absolute Gasteiger partial charge is 0.315 e. The predicted molar refractivity (Wildman–Crippen MR) is 107 cm³/mol. The quantitative estimate of drug-likeness (QED) is 0.516. The number of nitrogens with one attached hydrogen (secondary N) is 1. The lowest BCUT2D eigenvalue weighted by molar-refractivity contribution is -0.137. The third-order valence-electron chi connectivity index (χ3n) is 4.15. The molecule has 0 spiro atoms. The lowest BCUT2D eigenvalue weighted by Crippen LogP contribution is -2.50. The van der Waals surface area contributed by atoms with Crippen molar-refractivity contribution in [3.8, 4) is 0 Å². The largest absolute Gasteiger partial charge is 0.468 e. The van der Waals surface area contributed by atoms with Gasteiger partial charge in [-0.1, -0.05) is 23.7 Å². The summed E-state index contributed by atoms with van der Waals surface area (Å²) >= 11 is 7.44. The Morgan fingerprint density at radius 1 is 1.19 bits per heavy atom. The zero-order chi connectivity index (χ0) is 19.6. The van der Waals surface area contributed by atoms with Gasteiger partial charge in [-0.15, -0.1) is 11.8 Å². The second-order valence-electron chi connectivity index (χ2n) is 6.06. The van der Waals surface area contributed by atoms with Crippen LogP contribution in [0.3, 0.4) is 0 Å². The van der Waals surface area contributed by atoms with Crippen molar-refractivity contribution < 1.29 is 19.1 Å². The predicted octanol–water partition coefficient (Wildman–Crippen LogP) is 1.72. The zero-order valence-corrected chi connectivity index (χ0v) is 16.9. The summed E-state index contributed by atoms with van der Waals surface area (Å²) in [5.74, 6) is 0.526. The van der Waals surface area contributed by atoms with E-state index in [0.29, 0.717) is 49.1 Å². The number of rotatable bonds is 8. The minimum atomic E-state index is -0.281. The molecule has 9 heteroatoms. The van der Waals surface area contributed by atoms with E-state index in [2.05, 4.69) is 10.1 Å². The lowest BCUT2D eigenvalue weighted by atomic mass is 10.2. The summed E-state index contributed by atoms with van der Waals surface area (Å²) in [7, 11) is 1.35. The van der Waals surface area contributed by atoms with E-state index in [-0.39, 0.29) is 30.1 Å². The van der Waals surface area contributed by atoms with E-state index in [0.717, 1.165) is 0 Å². The van der Waals surface area contributed by atoms with Gasteiger partial charge in [-0.25, -0.2) is 0 Å². The Morgan fingerprint density at radius 2 is 1.89 bits per heavy atom. The summed E-state index contributed by atoms with van der Waals surface area (Å²) in [4.78, 5) is 39.2. The fourth-order valence-corrected chi connectivity index (χ4v) is 3.57. The highest BCUT2D eigenvalue weighted by molar-refractivity contribution is 7.99. The van der Waals surface area contributed by atoms with Gasteiger partial charge in [-0.3, -0.25) is 19.3 Å². The van der Waals surface area contributed by atoms with E-state index in [4.69, 9.17) is 11.6 Å². The number of para-hydroxylation sites is 1. The van der Waals surface area contributed by atoms with E-state index >= 15 is 0 Å². The first-order chi connectivity index (χ1) is 13.0. The Labute approximate surface area is 168 Å². The summed E-state index contributed by atoms with van der Waals surface area (Å²) in [6.07, 6.45) is 0.397. The monoisotopic (exact) mass is 413 g/mol. The molecule has 0 unspecified atom stereocenters. The molecule has 1 N–H and O–H groups in total. The minimum absolute atomic E-state index is 0.0764. The molecule has 0 bridgehead atoms. The van der Waals surface area contributed by atoms with Gasteiger partial charge < -0.3 is 15.0 Å². The van der Waals surface area contributed by atoms with Crippen molar-refractivity contribution in [1.29, 1.82) is 0 Å². The lowest BCUT2D eigenvalue weighted by Gasteiger charge is -2.34. The van der Waals surface area contributed by atoms with Crippen molar-refractivity contribution >= 4 is 46.8 Å². The average molecular weight is 414 g/mol. The third-order valence-corrected chi connectivity index (χ3v) is 5.41. The van der Waals surface area contributed by atoms with Gasteiger partial charge in [0.1, 0.15) is 0 Å². The van der Waals surface area contributed by atoms with Crippen LogP contribution in [0, 0.1) is 0 Å². The Hall–Kier alpha value is -1.77. The molecule has 27 heavy (non-hydrogen) atoms. The van der Waals surface area contributed by atoms with E-state index in [1.165, 1.54) is 18.9 Å². The average Bonchev–Trinajstić information content (AvgIpc) is 2.67.